The molecule has 0 amide bonds. The van der Waals surface area contributed by atoms with E-state index in [-0.39, 0.29) is 0 Å². The van der Waals surface area contributed by atoms with Gasteiger partial charge in [-0.25, -0.2) is 4.99 Å². The van der Waals surface area contributed by atoms with Crippen molar-refractivity contribution in [3.05, 3.63) is 23.5 Å². The molecule has 3 aliphatic rings. The smallest absolute Gasteiger partial charge is 0.241 e. The molecule has 140 valence electrons. The Bertz CT molecular complexity index is 526. The number of allylic oxidation sites excluding steroid dienone is 3. The fourth-order valence-corrected chi connectivity index (χ4v) is 3.47. The summed E-state index contributed by atoms with van der Waals surface area (Å²) in [4.78, 5) is 6.77. The van der Waals surface area contributed by atoms with Crippen LogP contribution in [0.1, 0.15) is 38.5 Å². The Morgan fingerprint density at radius 2 is 2.16 bits per heavy atom. The van der Waals surface area contributed by atoms with Crippen LogP contribution in [0.2, 0.25) is 0 Å². The summed E-state index contributed by atoms with van der Waals surface area (Å²) < 4.78 is 5.98. The molecule has 2 aliphatic heterocycles. The number of nitrogens with two attached hydrogens (primary N) is 1. The van der Waals surface area contributed by atoms with Crippen LogP contribution in [-0.2, 0) is 4.74 Å². The van der Waals surface area contributed by atoms with E-state index in [0.717, 1.165) is 38.1 Å². The summed E-state index contributed by atoms with van der Waals surface area (Å²) in [6, 6.07) is 0. The number of hydrazine groups is 1. The summed E-state index contributed by atoms with van der Waals surface area (Å²) in [5, 5.41) is 4.98. The van der Waals surface area contributed by atoms with Crippen LogP contribution in [0.25, 0.3) is 0 Å². The van der Waals surface area contributed by atoms with E-state index < -0.39 is 5.91 Å². The molecule has 0 aromatic heterocycles. The lowest BCUT2D eigenvalue weighted by Gasteiger charge is -2.29. The zero-order valence-electron chi connectivity index (χ0n) is 15.3. The van der Waals surface area contributed by atoms with Crippen molar-refractivity contribution >= 4 is 6.34 Å². The predicted molar refractivity (Wildman–Crippen MR) is 101 cm³/mol. The molecule has 1 fully saturated rings. The molecular weight excluding hydrogens is 316 g/mol. The lowest BCUT2D eigenvalue weighted by atomic mass is 10.0. The van der Waals surface area contributed by atoms with Crippen molar-refractivity contribution in [3.8, 4) is 0 Å². The minimum atomic E-state index is -0.853. The fourth-order valence-electron chi connectivity index (χ4n) is 3.47. The molecular formula is C18H32N6O. The minimum absolute atomic E-state index is 0.701. The van der Waals surface area contributed by atoms with Crippen LogP contribution in [-0.4, -0.2) is 62.0 Å². The van der Waals surface area contributed by atoms with E-state index in [0.29, 0.717) is 6.61 Å². The van der Waals surface area contributed by atoms with Crippen LogP contribution in [0.3, 0.4) is 0 Å². The highest BCUT2D eigenvalue weighted by Crippen LogP contribution is 2.22. The van der Waals surface area contributed by atoms with Gasteiger partial charge in [-0.3, -0.25) is 16.0 Å². The largest absolute Gasteiger partial charge is 0.498 e. The predicted octanol–water partition coefficient (Wildman–Crippen LogP) is 1.12. The number of hydrogen-bond donors (Lipinski definition) is 3. The lowest BCUT2D eigenvalue weighted by Crippen LogP contribution is -2.63. The second-order valence-electron chi connectivity index (χ2n) is 7.08. The monoisotopic (exact) mass is 348 g/mol. The van der Waals surface area contributed by atoms with Gasteiger partial charge in [-0.2, -0.15) is 5.01 Å². The van der Waals surface area contributed by atoms with Gasteiger partial charge in [0.2, 0.25) is 5.91 Å². The number of likely N-dealkylation sites (tertiary alicyclic amines) is 1. The third kappa shape index (κ3) is 5.28. The molecule has 4 N–H and O–H groups in total. The molecule has 1 unspecified atom stereocenters. The number of nitrogens with one attached hydrogen (secondary N) is 2. The number of ether oxygens (including phenoxy) is 1. The number of aliphatic imine (C=N–C) groups is 1. The molecule has 0 aromatic rings. The summed E-state index contributed by atoms with van der Waals surface area (Å²) in [6.07, 6.45) is 13.1. The van der Waals surface area contributed by atoms with Gasteiger partial charge in [0.15, 0.2) is 0 Å². The molecule has 25 heavy (non-hydrogen) atoms. The van der Waals surface area contributed by atoms with Crippen molar-refractivity contribution in [1.29, 1.82) is 0 Å². The molecule has 7 heteroatoms. The second kappa shape index (κ2) is 8.80. The van der Waals surface area contributed by atoms with E-state index in [1.54, 1.807) is 11.3 Å². The highest BCUT2D eigenvalue weighted by Gasteiger charge is 2.31. The summed E-state index contributed by atoms with van der Waals surface area (Å²) >= 11 is 0. The van der Waals surface area contributed by atoms with Crippen molar-refractivity contribution in [2.75, 3.05) is 39.8 Å². The van der Waals surface area contributed by atoms with Gasteiger partial charge >= 0.3 is 0 Å². The zero-order chi connectivity index (χ0) is 17.5. The van der Waals surface area contributed by atoms with Crippen LogP contribution >= 0.6 is 0 Å². The summed E-state index contributed by atoms with van der Waals surface area (Å²) in [6.45, 7) is 5.05. The van der Waals surface area contributed by atoms with Crippen molar-refractivity contribution < 1.29 is 4.74 Å². The number of nitrogens with zero attached hydrogens (tertiary/aromatic N) is 3. The topological polar surface area (TPSA) is 78.1 Å². The molecule has 7 nitrogen and oxygen atoms in total. The maximum Gasteiger partial charge on any atom is 0.241 e. The first-order valence-corrected chi connectivity index (χ1v) is 9.45. The summed E-state index contributed by atoms with van der Waals surface area (Å²) in [5.41, 5.74) is 10.6. The van der Waals surface area contributed by atoms with Gasteiger partial charge in [0.1, 0.15) is 6.34 Å². The first kappa shape index (κ1) is 18.4. The van der Waals surface area contributed by atoms with Gasteiger partial charge in [0.05, 0.1) is 12.4 Å². The van der Waals surface area contributed by atoms with Crippen molar-refractivity contribution in [1.82, 2.24) is 20.7 Å². The average molecular weight is 348 g/mol. The lowest BCUT2D eigenvalue weighted by molar-refractivity contribution is 0.0879. The maximum absolute atomic E-state index is 6.12. The maximum atomic E-state index is 6.12. The van der Waals surface area contributed by atoms with Crippen LogP contribution < -0.4 is 16.5 Å². The van der Waals surface area contributed by atoms with Crippen LogP contribution in [0.4, 0.5) is 0 Å². The van der Waals surface area contributed by atoms with E-state index in [9.17, 15) is 0 Å². The molecule has 0 radical (unpaired) electrons. The third-order valence-electron chi connectivity index (χ3n) is 5.05. The highest BCUT2D eigenvalue weighted by molar-refractivity contribution is 5.56. The molecule has 1 saturated heterocycles. The first-order valence-electron chi connectivity index (χ1n) is 9.45. The van der Waals surface area contributed by atoms with Gasteiger partial charge < -0.3 is 10.2 Å². The van der Waals surface area contributed by atoms with E-state index in [1.165, 1.54) is 37.9 Å². The van der Waals surface area contributed by atoms with E-state index in [2.05, 4.69) is 32.8 Å². The summed E-state index contributed by atoms with van der Waals surface area (Å²) in [5.74, 6) is 0.267. The minimum Gasteiger partial charge on any atom is -0.498 e. The SMILES string of the molecule is CN1NC=NC1(N)NCCCOC1=CCC=C(CN2CCCCC2)C1. The molecule has 0 aromatic carbocycles. The van der Waals surface area contributed by atoms with Crippen molar-refractivity contribution in [3.63, 3.8) is 0 Å². The Hall–Kier alpha value is -1.41. The van der Waals surface area contributed by atoms with Crippen molar-refractivity contribution in [2.24, 2.45) is 10.7 Å². The van der Waals surface area contributed by atoms with E-state index in [4.69, 9.17) is 10.5 Å². The Labute approximate surface area is 150 Å². The Balaban J connectivity index is 1.31. The molecule has 0 bridgehead atoms. The number of hydrogen-bond acceptors (Lipinski definition) is 7. The third-order valence-corrected chi connectivity index (χ3v) is 5.05. The second-order valence-corrected chi connectivity index (χ2v) is 7.08. The molecule has 1 aliphatic carbocycles. The average Bonchev–Trinajstić information content (AvgIpc) is 2.95. The Morgan fingerprint density at radius 1 is 1.32 bits per heavy atom. The van der Waals surface area contributed by atoms with Gasteiger partial charge in [-0.05, 0) is 44.8 Å². The molecule has 1 atom stereocenters. The number of rotatable bonds is 8. The van der Waals surface area contributed by atoms with Gasteiger partial charge in [-0.1, -0.05) is 18.1 Å². The summed E-state index contributed by atoms with van der Waals surface area (Å²) in [7, 11) is 1.86. The molecule has 3 rings (SSSR count). The number of piperidine rings is 1. The first-order chi connectivity index (χ1) is 12.2. The van der Waals surface area contributed by atoms with E-state index >= 15 is 0 Å². The quantitative estimate of drug-likeness (QED) is 0.347. The van der Waals surface area contributed by atoms with E-state index in [1.807, 2.05) is 7.05 Å². The highest BCUT2D eigenvalue weighted by atomic mass is 16.5. The van der Waals surface area contributed by atoms with Crippen molar-refractivity contribution in [2.45, 2.75) is 44.4 Å². The molecule has 0 saturated carbocycles. The zero-order valence-corrected chi connectivity index (χ0v) is 15.3. The van der Waals surface area contributed by atoms with Crippen LogP contribution in [0.15, 0.2) is 28.5 Å². The van der Waals surface area contributed by atoms with Gasteiger partial charge in [0.25, 0.3) is 0 Å². The fraction of sp³-hybridized carbons (Fsp3) is 0.722. The van der Waals surface area contributed by atoms with Crippen LogP contribution in [0.5, 0.6) is 0 Å². The Kier molecular flexibility index (Phi) is 6.47. The molecule has 2 heterocycles. The van der Waals surface area contributed by atoms with Gasteiger partial charge in [0, 0.05) is 26.6 Å². The Morgan fingerprint density at radius 3 is 2.92 bits per heavy atom. The standard InChI is InChI=1S/C18H32N6O/c1-23-18(19,21-15-22-23)20-9-6-12-25-17-8-5-7-16(13-17)14-24-10-3-2-4-11-24/h7-8,15,20H,2-6,9-14,19H2,1H3,(H,21,22). The van der Waals surface area contributed by atoms with Gasteiger partial charge in [-0.15, -0.1) is 0 Å². The normalized spacial score (nSPS) is 27.8. The molecule has 0 spiro atoms. The van der Waals surface area contributed by atoms with Crippen LogP contribution in [0, 0.1) is 0 Å².